The lowest BCUT2D eigenvalue weighted by molar-refractivity contribution is 0.601. The third-order valence-electron chi connectivity index (χ3n) is 3.38. The highest BCUT2D eigenvalue weighted by atomic mass is 32.2. The number of benzene rings is 2. The van der Waals surface area contributed by atoms with E-state index < -0.39 is 9.84 Å². The van der Waals surface area contributed by atoms with Gasteiger partial charge in [-0.05, 0) is 36.4 Å². The average Bonchev–Trinajstić information content (AvgIpc) is 2.50. The summed E-state index contributed by atoms with van der Waals surface area (Å²) in [5.41, 5.74) is 1.50. The van der Waals surface area contributed by atoms with E-state index in [-0.39, 0.29) is 4.90 Å². The Kier molecular flexibility index (Phi) is 3.96. The first-order valence-corrected chi connectivity index (χ1v) is 9.37. The summed E-state index contributed by atoms with van der Waals surface area (Å²) in [4.78, 5) is 0.279. The third-order valence-corrected chi connectivity index (χ3v) is 5.71. The van der Waals surface area contributed by atoms with Gasteiger partial charge in [0.1, 0.15) is 11.3 Å². The van der Waals surface area contributed by atoms with E-state index in [0.717, 1.165) is 15.4 Å². The summed E-state index contributed by atoms with van der Waals surface area (Å²) in [6.07, 6.45) is 1.19. The maximum Gasteiger partial charge on any atom is 0.184 e. The molecule has 2 aromatic carbocycles. The predicted octanol–water partition coefficient (Wildman–Crippen LogP) is 3.03. The number of hydrogen-bond acceptors (Lipinski definition) is 4. The van der Waals surface area contributed by atoms with E-state index >= 15 is 0 Å². The molecule has 0 spiro atoms. The maximum atomic E-state index is 11.5. The van der Waals surface area contributed by atoms with Gasteiger partial charge in [-0.1, -0.05) is 28.8 Å². The molecule has 0 atom stereocenters. The van der Waals surface area contributed by atoms with Gasteiger partial charge in [-0.3, -0.25) is 0 Å². The summed E-state index contributed by atoms with van der Waals surface area (Å²) < 4.78 is 30.5. The molecule has 3 rings (SSSR count). The molecule has 0 saturated carbocycles. The Morgan fingerprint density at radius 1 is 1.05 bits per heavy atom. The quantitative estimate of drug-likeness (QED) is 0.531. The minimum atomic E-state index is -3.21. The fraction of sp³-hybridized carbons (Fsp3) is 0.0625. The van der Waals surface area contributed by atoms with E-state index in [1.54, 1.807) is 24.3 Å². The lowest BCUT2D eigenvalue weighted by atomic mass is 10.1. The lowest BCUT2D eigenvalue weighted by Crippen LogP contribution is -2.09. The van der Waals surface area contributed by atoms with Gasteiger partial charge in [0, 0.05) is 21.7 Å². The highest BCUT2D eigenvalue weighted by Crippen LogP contribution is 2.24. The van der Waals surface area contributed by atoms with Crippen LogP contribution < -0.4 is 4.43 Å². The second-order valence-electron chi connectivity index (χ2n) is 4.97. The fourth-order valence-corrected chi connectivity index (χ4v) is 3.50. The van der Waals surface area contributed by atoms with Crippen molar-refractivity contribution in [2.24, 2.45) is 0 Å². The second kappa shape index (κ2) is 5.64. The Bertz CT molecular complexity index is 1020. The summed E-state index contributed by atoms with van der Waals surface area (Å²) in [6, 6.07) is 14.2. The Morgan fingerprint density at radius 3 is 2.32 bits per heavy atom. The SMILES string of the molecule is CS(=O)(=O)c1ccc(-c2oc3ccccc3c(=S)[c]2[Al])cc1. The molecule has 0 saturated heterocycles. The molecule has 2 radical (unpaired) electrons. The molecule has 0 amide bonds. The summed E-state index contributed by atoms with van der Waals surface area (Å²) in [5, 5.41) is 0.888. The van der Waals surface area contributed by atoms with Gasteiger partial charge in [-0.15, -0.1) is 0 Å². The molecule has 108 valence electrons. The van der Waals surface area contributed by atoms with Crippen LogP contribution in [-0.2, 0) is 9.84 Å². The van der Waals surface area contributed by atoms with E-state index in [9.17, 15) is 8.42 Å². The number of hydrogen-bond donors (Lipinski definition) is 0. The fourth-order valence-electron chi connectivity index (χ4n) is 2.22. The van der Waals surface area contributed by atoms with Crippen molar-refractivity contribution in [2.75, 3.05) is 6.26 Å². The molecule has 3 aromatic rings. The zero-order chi connectivity index (χ0) is 15.9. The summed E-state index contributed by atoms with van der Waals surface area (Å²) in [5.74, 6) is 0.633. The number of para-hydroxylation sites is 1. The minimum absolute atomic E-state index is 0.279. The van der Waals surface area contributed by atoms with Gasteiger partial charge in [0.25, 0.3) is 0 Å². The number of sulfone groups is 1. The molecule has 0 aliphatic carbocycles. The van der Waals surface area contributed by atoms with Gasteiger partial charge in [0.05, 0.1) is 4.90 Å². The van der Waals surface area contributed by atoms with Crippen molar-refractivity contribution < 1.29 is 12.8 Å². The molecular formula is C16H11AlO3S2. The molecule has 0 fully saturated rings. The standard InChI is InChI=1S/C16H11O3S2.Al/c1-21(17,18)12-8-6-11(7-9-12)15-10-16(20)13-4-2-3-5-14(13)19-15;/h2-9H,1H3;. The van der Waals surface area contributed by atoms with Gasteiger partial charge in [-0.25, -0.2) is 8.42 Å². The summed E-state index contributed by atoms with van der Waals surface area (Å²) >= 11 is 8.10. The van der Waals surface area contributed by atoms with Crippen LogP contribution in [0.25, 0.3) is 22.3 Å². The van der Waals surface area contributed by atoms with E-state index in [2.05, 4.69) is 16.3 Å². The normalized spacial score (nSPS) is 11.7. The first kappa shape index (κ1) is 15.4. The zero-order valence-electron chi connectivity index (χ0n) is 11.7. The van der Waals surface area contributed by atoms with Crippen LogP contribution in [0.3, 0.4) is 0 Å². The van der Waals surface area contributed by atoms with Crippen molar-refractivity contribution in [3.05, 3.63) is 53.0 Å². The molecule has 0 aliphatic heterocycles. The van der Waals surface area contributed by atoms with E-state index in [1.165, 1.54) is 6.26 Å². The van der Waals surface area contributed by atoms with Crippen LogP contribution in [0.4, 0.5) is 0 Å². The van der Waals surface area contributed by atoms with Gasteiger partial charge < -0.3 is 4.42 Å². The minimum Gasteiger partial charge on any atom is -0.457 e. The van der Waals surface area contributed by atoms with Crippen LogP contribution >= 0.6 is 12.2 Å². The monoisotopic (exact) mass is 342 g/mol. The Hall–Kier alpha value is -1.45. The Labute approximate surface area is 141 Å². The topological polar surface area (TPSA) is 47.3 Å². The Morgan fingerprint density at radius 2 is 1.68 bits per heavy atom. The second-order valence-corrected chi connectivity index (χ2v) is 7.97. The lowest BCUT2D eigenvalue weighted by Gasteiger charge is -2.10. The molecular weight excluding hydrogens is 331 g/mol. The highest BCUT2D eigenvalue weighted by molar-refractivity contribution is 7.90. The van der Waals surface area contributed by atoms with Crippen molar-refractivity contribution in [1.82, 2.24) is 0 Å². The van der Waals surface area contributed by atoms with E-state index in [1.807, 2.05) is 24.3 Å². The first-order valence-electron chi connectivity index (χ1n) is 6.50. The number of rotatable bonds is 2. The van der Waals surface area contributed by atoms with Crippen molar-refractivity contribution in [3.8, 4) is 11.3 Å². The van der Waals surface area contributed by atoms with Crippen LogP contribution in [0.15, 0.2) is 57.8 Å². The van der Waals surface area contributed by atoms with E-state index in [4.69, 9.17) is 16.6 Å². The van der Waals surface area contributed by atoms with Crippen LogP contribution in [0.2, 0.25) is 0 Å². The van der Waals surface area contributed by atoms with Crippen molar-refractivity contribution >= 4 is 53.7 Å². The highest BCUT2D eigenvalue weighted by Gasteiger charge is 2.11. The molecule has 0 bridgehead atoms. The predicted molar refractivity (Wildman–Crippen MR) is 91.0 cm³/mol. The van der Waals surface area contributed by atoms with Gasteiger partial charge in [-0.2, -0.15) is 0 Å². The van der Waals surface area contributed by atoms with Gasteiger partial charge >= 0.3 is 0 Å². The molecule has 0 unspecified atom stereocenters. The summed E-state index contributed by atoms with van der Waals surface area (Å²) in [7, 11) is -3.21. The zero-order valence-corrected chi connectivity index (χ0v) is 14.5. The van der Waals surface area contributed by atoms with Crippen LogP contribution in [0.5, 0.6) is 0 Å². The van der Waals surface area contributed by atoms with Crippen LogP contribution in [0, 0.1) is 4.51 Å². The van der Waals surface area contributed by atoms with Crippen LogP contribution in [0.1, 0.15) is 0 Å². The summed E-state index contributed by atoms with van der Waals surface area (Å²) in [6.45, 7) is 0. The molecule has 3 nitrogen and oxygen atoms in total. The molecule has 1 aromatic heterocycles. The molecule has 1 heterocycles. The van der Waals surface area contributed by atoms with Crippen molar-refractivity contribution in [1.29, 1.82) is 0 Å². The molecule has 0 N–H and O–H groups in total. The third kappa shape index (κ3) is 2.75. The molecule has 22 heavy (non-hydrogen) atoms. The average molecular weight is 342 g/mol. The molecule has 6 heteroatoms. The first-order chi connectivity index (χ1) is 10.4. The van der Waals surface area contributed by atoms with Crippen molar-refractivity contribution in [2.45, 2.75) is 4.90 Å². The van der Waals surface area contributed by atoms with Gasteiger partial charge in [0.15, 0.2) is 26.1 Å². The van der Waals surface area contributed by atoms with Crippen LogP contribution in [-0.4, -0.2) is 31.0 Å². The van der Waals surface area contributed by atoms with Crippen molar-refractivity contribution in [3.63, 3.8) is 0 Å². The maximum absolute atomic E-state index is 11.5. The van der Waals surface area contributed by atoms with E-state index in [0.29, 0.717) is 15.9 Å². The smallest absolute Gasteiger partial charge is 0.184 e. The van der Waals surface area contributed by atoms with Gasteiger partial charge in [0.2, 0.25) is 0 Å². The Balaban J connectivity index is 2.22. The number of fused-ring (bicyclic) bond motifs is 1. The molecule has 0 aliphatic rings. The largest absolute Gasteiger partial charge is 0.457 e.